The molecule has 0 spiro atoms. The zero-order chi connectivity index (χ0) is 15.3. The van der Waals surface area contributed by atoms with Crippen molar-refractivity contribution in [1.29, 1.82) is 0 Å². The Morgan fingerprint density at radius 1 is 1.00 bits per heavy atom. The summed E-state index contributed by atoms with van der Waals surface area (Å²) < 4.78 is 5.65. The highest BCUT2D eigenvalue weighted by atomic mass is 16.6. The van der Waals surface area contributed by atoms with Crippen LogP contribution in [0, 0.1) is 0 Å². The minimum atomic E-state index is -0.916. The lowest BCUT2D eigenvalue weighted by molar-refractivity contribution is -0.131. The van der Waals surface area contributed by atoms with Gasteiger partial charge in [-0.2, -0.15) is 0 Å². The minimum absolute atomic E-state index is 0.552. The zero-order valence-electron chi connectivity index (χ0n) is 13.0. The van der Waals surface area contributed by atoms with E-state index in [2.05, 4.69) is 13.0 Å². The summed E-state index contributed by atoms with van der Waals surface area (Å²) in [6, 6.07) is 0. The van der Waals surface area contributed by atoms with E-state index in [0.29, 0.717) is 12.2 Å². The van der Waals surface area contributed by atoms with Crippen molar-refractivity contribution in [3.05, 3.63) is 36.5 Å². The van der Waals surface area contributed by atoms with Crippen LogP contribution >= 0.6 is 0 Å². The van der Waals surface area contributed by atoms with Gasteiger partial charge in [0.2, 0.25) is 0 Å². The Morgan fingerprint density at radius 3 is 2.43 bits per heavy atom. The number of carboxylic acid groups (broad SMARTS) is 1. The molecule has 2 unspecified atom stereocenters. The quantitative estimate of drug-likeness (QED) is 0.246. The summed E-state index contributed by atoms with van der Waals surface area (Å²) in [5, 5.41) is 8.39. The Labute approximate surface area is 128 Å². The van der Waals surface area contributed by atoms with Crippen LogP contribution < -0.4 is 0 Å². The van der Waals surface area contributed by atoms with Gasteiger partial charge in [-0.3, -0.25) is 0 Å². The van der Waals surface area contributed by atoms with Crippen molar-refractivity contribution in [3.8, 4) is 0 Å². The third kappa shape index (κ3) is 10.1. The highest BCUT2D eigenvalue weighted by molar-refractivity contribution is 5.80. The Balaban J connectivity index is 1.88. The number of hydrogen-bond acceptors (Lipinski definition) is 2. The highest BCUT2D eigenvalue weighted by Crippen LogP contribution is 2.31. The number of unbranched alkanes of at least 4 members (excludes halogenated alkanes) is 4. The van der Waals surface area contributed by atoms with Crippen LogP contribution in [0.5, 0.6) is 0 Å². The molecule has 3 heteroatoms. The fourth-order valence-electron chi connectivity index (χ4n) is 2.32. The number of carboxylic acids is 1. The molecular weight excluding hydrogens is 264 g/mol. The molecule has 0 aromatic rings. The summed E-state index contributed by atoms with van der Waals surface area (Å²) in [6.07, 6.45) is 21.3. The van der Waals surface area contributed by atoms with Gasteiger partial charge in [-0.25, -0.2) is 4.79 Å². The molecule has 3 nitrogen and oxygen atoms in total. The molecule has 1 aliphatic rings. The first-order valence-corrected chi connectivity index (χ1v) is 8.12. The van der Waals surface area contributed by atoms with Gasteiger partial charge in [0.25, 0.3) is 0 Å². The second kappa shape index (κ2) is 11.3. The van der Waals surface area contributed by atoms with Gasteiger partial charge in [-0.05, 0) is 25.7 Å². The minimum Gasteiger partial charge on any atom is -0.478 e. The third-order valence-electron chi connectivity index (χ3n) is 3.60. The van der Waals surface area contributed by atoms with Crippen LogP contribution in [-0.4, -0.2) is 23.3 Å². The molecular formula is C18H28O3. The molecule has 1 fully saturated rings. The first kappa shape index (κ1) is 17.7. The van der Waals surface area contributed by atoms with E-state index in [1.807, 2.05) is 12.2 Å². The van der Waals surface area contributed by atoms with Gasteiger partial charge in [0.15, 0.2) is 0 Å². The molecule has 0 aromatic heterocycles. The van der Waals surface area contributed by atoms with Gasteiger partial charge < -0.3 is 9.84 Å². The molecule has 0 amide bonds. The second-order valence-electron chi connectivity index (χ2n) is 5.50. The molecule has 21 heavy (non-hydrogen) atoms. The van der Waals surface area contributed by atoms with Crippen LogP contribution in [-0.2, 0) is 9.53 Å². The van der Waals surface area contributed by atoms with E-state index >= 15 is 0 Å². The maximum absolute atomic E-state index is 10.2. The van der Waals surface area contributed by atoms with Crippen LogP contribution in [0.15, 0.2) is 36.5 Å². The predicted molar refractivity (Wildman–Crippen MR) is 86.3 cm³/mol. The first-order chi connectivity index (χ1) is 10.2. The van der Waals surface area contributed by atoms with Crippen LogP contribution in [0.1, 0.15) is 58.3 Å². The summed E-state index contributed by atoms with van der Waals surface area (Å²) in [7, 11) is 0. The monoisotopic (exact) mass is 292 g/mol. The molecule has 1 rings (SSSR count). The molecule has 1 aliphatic heterocycles. The van der Waals surface area contributed by atoms with E-state index < -0.39 is 5.97 Å². The summed E-state index contributed by atoms with van der Waals surface area (Å²) in [5.74, 6) is -0.916. The van der Waals surface area contributed by atoms with Crippen LogP contribution in [0.3, 0.4) is 0 Å². The Bertz CT molecular complexity index is 369. The fraction of sp³-hybridized carbons (Fsp3) is 0.611. The lowest BCUT2D eigenvalue weighted by atomic mass is 10.1. The SMILES string of the molecule is CCCCC1OC1CCCCCC=CC=CC=CC(=O)O. The number of rotatable bonds is 12. The van der Waals surface area contributed by atoms with E-state index in [-0.39, 0.29) is 0 Å². The molecule has 0 aromatic carbocycles. The van der Waals surface area contributed by atoms with Crippen LogP contribution in [0.2, 0.25) is 0 Å². The average molecular weight is 292 g/mol. The Morgan fingerprint density at radius 2 is 1.71 bits per heavy atom. The van der Waals surface area contributed by atoms with Gasteiger partial charge in [0.1, 0.15) is 0 Å². The molecule has 0 bridgehead atoms. The van der Waals surface area contributed by atoms with Crippen LogP contribution in [0.4, 0.5) is 0 Å². The molecule has 0 aliphatic carbocycles. The number of ether oxygens (including phenoxy) is 1. The first-order valence-electron chi connectivity index (χ1n) is 8.12. The number of epoxide rings is 1. The molecule has 0 radical (unpaired) electrons. The van der Waals surface area contributed by atoms with Crippen LogP contribution in [0.25, 0.3) is 0 Å². The van der Waals surface area contributed by atoms with Crippen molar-refractivity contribution in [2.45, 2.75) is 70.5 Å². The maximum Gasteiger partial charge on any atom is 0.328 e. The Hall–Kier alpha value is -1.35. The molecule has 2 atom stereocenters. The van der Waals surface area contributed by atoms with Crippen molar-refractivity contribution < 1.29 is 14.6 Å². The van der Waals surface area contributed by atoms with E-state index in [9.17, 15) is 4.79 Å². The highest BCUT2D eigenvalue weighted by Gasteiger charge is 2.36. The van der Waals surface area contributed by atoms with Crippen molar-refractivity contribution in [2.24, 2.45) is 0 Å². The van der Waals surface area contributed by atoms with Crippen molar-refractivity contribution in [1.82, 2.24) is 0 Å². The molecule has 1 saturated heterocycles. The second-order valence-corrected chi connectivity index (χ2v) is 5.50. The van der Waals surface area contributed by atoms with E-state index in [0.717, 1.165) is 12.5 Å². The van der Waals surface area contributed by atoms with Crippen molar-refractivity contribution in [2.75, 3.05) is 0 Å². The van der Waals surface area contributed by atoms with E-state index in [1.165, 1.54) is 51.0 Å². The Kier molecular flexibility index (Phi) is 9.55. The summed E-state index contributed by atoms with van der Waals surface area (Å²) >= 11 is 0. The fourth-order valence-corrected chi connectivity index (χ4v) is 2.32. The number of allylic oxidation sites excluding steroid dienone is 5. The zero-order valence-corrected chi connectivity index (χ0v) is 13.0. The standard InChI is InChI=1S/C18H28O3/c1-2-3-13-16-17(21-16)14-11-9-7-5-4-6-8-10-12-15-18(19)20/h4,6,8,10,12,15-17H,2-3,5,7,9,11,13-14H2,1H3,(H,19,20). The topological polar surface area (TPSA) is 49.8 Å². The summed E-state index contributed by atoms with van der Waals surface area (Å²) in [4.78, 5) is 10.2. The third-order valence-corrected chi connectivity index (χ3v) is 3.60. The molecule has 118 valence electrons. The number of carbonyl (C=O) groups is 1. The predicted octanol–water partition coefficient (Wildman–Crippen LogP) is 4.65. The summed E-state index contributed by atoms with van der Waals surface area (Å²) in [6.45, 7) is 2.22. The van der Waals surface area contributed by atoms with Crippen molar-refractivity contribution >= 4 is 5.97 Å². The number of hydrogen-bond donors (Lipinski definition) is 1. The lowest BCUT2D eigenvalue weighted by Gasteiger charge is -1.96. The summed E-state index contributed by atoms with van der Waals surface area (Å²) in [5.41, 5.74) is 0. The van der Waals surface area contributed by atoms with Gasteiger partial charge in [0.05, 0.1) is 12.2 Å². The maximum atomic E-state index is 10.2. The number of aliphatic carboxylic acids is 1. The molecule has 1 N–H and O–H groups in total. The average Bonchev–Trinajstić information content (AvgIpc) is 3.20. The lowest BCUT2D eigenvalue weighted by Crippen LogP contribution is -1.94. The largest absolute Gasteiger partial charge is 0.478 e. The smallest absolute Gasteiger partial charge is 0.328 e. The van der Waals surface area contributed by atoms with Gasteiger partial charge in [0, 0.05) is 6.08 Å². The van der Waals surface area contributed by atoms with Gasteiger partial charge in [-0.15, -0.1) is 0 Å². The van der Waals surface area contributed by atoms with E-state index in [1.54, 1.807) is 6.08 Å². The molecule has 1 heterocycles. The van der Waals surface area contributed by atoms with Crippen molar-refractivity contribution in [3.63, 3.8) is 0 Å². The van der Waals surface area contributed by atoms with Gasteiger partial charge >= 0.3 is 5.97 Å². The van der Waals surface area contributed by atoms with E-state index in [4.69, 9.17) is 9.84 Å². The normalized spacial score (nSPS) is 21.8. The van der Waals surface area contributed by atoms with Gasteiger partial charge in [-0.1, -0.05) is 63.0 Å². The molecule has 0 saturated carbocycles.